The molecule has 0 fully saturated rings. The van der Waals surface area contributed by atoms with Gasteiger partial charge in [0.15, 0.2) is 5.78 Å². The molecule has 0 spiro atoms. The monoisotopic (exact) mass is 321 g/mol. The molecule has 0 heterocycles. The summed E-state index contributed by atoms with van der Waals surface area (Å²) < 4.78 is 0. The fraction of sp³-hybridized carbons (Fsp3) is 0.235. The summed E-state index contributed by atoms with van der Waals surface area (Å²) in [5, 5.41) is 4.13. The first-order chi connectivity index (χ1) is 9.97. The van der Waals surface area contributed by atoms with Crippen molar-refractivity contribution in [3.05, 3.63) is 63.1 Å². The van der Waals surface area contributed by atoms with E-state index < -0.39 is 0 Å². The highest BCUT2D eigenvalue weighted by atomic mass is 35.5. The zero-order valence-corrected chi connectivity index (χ0v) is 13.6. The van der Waals surface area contributed by atoms with Crippen molar-refractivity contribution in [3.63, 3.8) is 0 Å². The van der Waals surface area contributed by atoms with Gasteiger partial charge in [-0.2, -0.15) is 0 Å². The Balaban J connectivity index is 1.92. The van der Waals surface area contributed by atoms with Gasteiger partial charge < -0.3 is 5.32 Å². The molecule has 0 aromatic heterocycles. The molecule has 2 rings (SSSR count). The molecule has 0 amide bonds. The molecule has 1 N–H and O–H groups in total. The van der Waals surface area contributed by atoms with Crippen molar-refractivity contribution in [3.8, 4) is 0 Å². The highest BCUT2D eigenvalue weighted by molar-refractivity contribution is 6.42. The van der Waals surface area contributed by atoms with Crippen LogP contribution in [0, 0.1) is 13.8 Å². The van der Waals surface area contributed by atoms with Crippen LogP contribution in [0.1, 0.15) is 27.9 Å². The maximum absolute atomic E-state index is 12.1. The normalized spacial score (nSPS) is 10.5. The summed E-state index contributed by atoms with van der Waals surface area (Å²) in [6.45, 7) is 4.73. The number of Topliss-reactive ketones (excluding diaryl/α,β-unsaturated/α-hetero) is 1. The number of halogens is 2. The Morgan fingerprint density at radius 1 is 1.00 bits per heavy atom. The third-order valence-electron chi connectivity index (χ3n) is 3.43. The molecule has 0 aliphatic heterocycles. The summed E-state index contributed by atoms with van der Waals surface area (Å²) in [6, 6.07) is 11.1. The number of nitrogens with one attached hydrogen (secondary N) is 1. The molecule has 0 unspecified atom stereocenters. The summed E-state index contributed by atoms with van der Waals surface area (Å²) in [4.78, 5) is 12.1. The van der Waals surface area contributed by atoms with Crippen molar-refractivity contribution in [2.45, 2.75) is 20.3 Å². The Morgan fingerprint density at radius 2 is 1.76 bits per heavy atom. The van der Waals surface area contributed by atoms with Crippen LogP contribution in [0.25, 0.3) is 0 Å². The molecule has 110 valence electrons. The van der Waals surface area contributed by atoms with Crippen molar-refractivity contribution >= 4 is 34.7 Å². The fourth-order valence-electron chi connectivity index (χ4n) is 1.99. The summed E-state index contributed by atoms with van der Waals surface area (Å²) in [5.41, 5.74) is 4.11. The van der Waals surface area contributed by atoms with Crippen LogP contribution in [0.4, 0.5) is 5.69 Å². The Hall–Kier alpha value is -1.51. The summed E-state index contributed by atoms with van der Waals surface area (Å²) in [7, 11) is 0. The van der Waals surface area contributed by atoms with Gasteiger partial charge in [-0.05, 0) is 55.3 Å². The average Bonchev–Trinajstić information content (AvgIpc) is 2.45. The first-order valence-corrected chi connectivity index (χ1v) is 7.52. The highest BCUT2D eigenvalue weighted by Crippen LogP contribution is 2.23. The van der Waals surface area contributed by atoms with Gasteiger partial charge >= 0.3 is 0 Å². The molecule has 0 bridgehead atoms. The number of aryl methyl sites for hydroxylation is 2. The van der Waals surface area contributed by atoms with Gasteiger partial charge in [0.2, 0.25) is 0 Å². The number of anilines is 1. The van der Waals surface area contributed by atoms with Gasteiger partial charge in [-0.25, -0.2) is 0 Å². The van der Waals surface area contributed by atoms with Gasteiger partial charge in [-0.1, -0.05) is 29.3 Å². The lowest BCUT2D eigenvalue weighted by molar-refractivity contribution is 0.0986. The Kier molecular flexibility index (Phi) is 5.27. The molecule has 0 saturated heterocycles. The van der Waals surface area contributed by atoms with Crippen LogP contribution in [0.3, 0.4) is 0 Å². The second kappa shape index (κ2) is 6.97. The predicted octanol–water partition coefficient (Wildman–Crippen LogP) is 5.30. The van der Waals surface area contributed by atoms with Crippen LogP contribution in [0.5, 0.6) is 0 Å². The number of ketones is 1. The lowest BCUT2D eigenvalue weighted by Crippen LogP contribution is -2.09. The highest BCUT2D eigenvalue weighted by Gasteiger charge is 2.08. The van der Waals surface area contributed by atoms with E-state index in [1.54, 1.807) is 18.2 Å². The minimum absolute atomic E-state index is 0.0462. The van der Waals surface area contributed by atoms with Gasteiger partial charge in [0.25, 0.3) is 0 Å². The Bertz CT molecular complexity index is 668. The van der Waals surface area contributed by atoms with E-state index in [-0.39, 0.29) is 5.78 Å². The number of carbonyl (C=O) groups is 1. The molecule has 21 heavy (non-hydrogen) atoms. The van der Waals surface area contributed by atoms with E-state index >= 15 is 0 Å². The zero-order chi connectivity index (χ0) is 15.4. The Morgan fingerprint density at radius 3 is 2.43 bits per heavy atom. The van der Waals surface area contributed by atoms with Crippen LogP contribution >= 0.6 is 23.2 Å². The van der Waals surface area contributed by atoms with Gasteiger partial charge in [-0.3, -0.25) is 4.79 Å². The van der Waals surface area contributed by atoms with Gasteiger partial charge in [-0.15, -0.1) is 0 Å². The van der Waals surface area contributed by atoms with E-state index in [2.05, 4.69) is 31.3 Å². The maximum atomic E-state index is 12.1. The van der Waals surface area contributed by atoms with Crippen molar-refractivity contribution in [1.82, 2.24) is 0 Å². The van der Waals surface area contributed by atoms with Crippen LogP contribution in [-0.2, 0) is 0 Å². The van der Waals surface area contributed by atoms with Crippen molar-refractivity contribution in [1.29, 1.82) is 0 Å². The van der Waals surface area contributed by atoms with Crippen molar-refractivity contribution < 1.29 is 4.79 Å². The summed E-state index contributed by atoms with van der Waals surface area (Å²) >= 11 is 11.8. The number of carbonyl (C=O) groups excluding carboxylic acids is 1. The van der Waals surface area contributed by atoms with Crippen LogP contribution in [0.2, 0.25) is 10.0 Å². The van der Waals surface area contributed by atoms with Crippen molar-refractivity contribution in [2.75, 3.05) is 11.9 Å². The predicted molar refractivity (Wildman–Crippen MR) is 89.8 cm³/mol. The molecule has 2 aromatic carbocycles. The summed E-state index contributed by atoms with van der Waals surface area (Å²) in [5.74, 6) is 0.0462. The SMILES string of the molecule is Cc1ccc(NCCC(=O)c2ccc(Cl)c(Cl)c2)cc1C. The number of rotatable bonds is 5. The lowest BCUT2D eigenvalue weighted by Gasteiger charge is -2.08. The van der Waals surface area contributed by atoms with Gasteiger partial charge in [0.05, 0.1) is 10.0 Å². The maximum Gasteiger partial charge on any atom is 0.164 e. The van der Waals surface area contributed by atoms with E-state index in [1.807, 2.05) is 6.07 Å². The molecule has 2 aromatic rings. The standard InChI is InChI=1S/C17H17Cl2NO/c1-11-3-5-14(9-12(11)2)20-8-7-17(21)13-4-6-15(18)16(19)10-13/h3-6,9-10,20H,7-8H2,1-2H3. The van der Waals surface area contributed by atoms with Crippen LogP contribution in [-0.4, -0.2) is 12.3 Å². The van der Waals surface area contributed by atoms with Gasteiger partial charge in [0, 0.05) is 24.2 Å². The molecule has 0 aliphatic rings. The van der Waals surface area contributed by atoms with E-state index in [9.17, 15) is 4.79 Å². The molecular weight excluding hydrogens is 305 g/mol. The fourth-order valence-corrected chi connectivity index (χ4v) is 2.28. The van der Waals surface area contributed by atoms with E-state index in [1.165, 1.54) is 11.1 Å². The average molecular weight is 322 g/mol. The Labute approximate surface area is 135 Å². The van der Waals surface area contributed by atoms with Crippen LogP contribution in [0.15, 0.2) is 36.4 Å². The van der Waals surface area contributed by atoms with Crippen molar-refractivity contribution in [2.24, 2.45) is 0 Å². The molecule has 2 nitrogen and oxygen atoms in total. The zero-order valence-electron chi connectivity index (χ0n) is 12.0. The molecule has 0 saturated carbocycles. The number of hydrogen-bond donors (Lipinski definition) is 1. The van der Waals surface area contributed by atoms with E-state index in [4.69, 9.17) is 23.2 Å². The number of hydrogen-bond acceptors (Lipinski definition) is 2. The number of benzene rings is 2. The summed E-state index contributed by atoms with van der Waals surface area (Å²) in [6.07, 6.45) is 0.408. The van der Waals surface area contributed by atoms with E-state index in [0.29, 0.717) is 28.6 Å². The largest absolute Gasteiger partial charge is 0.385 e. The topological polar surface area (TPSA) is 29.1 Å². The second-order valence-corrected chi connectivity index (χ2v) is 5.84. The quantitative estimate of drug-likeness (QED) is 0.757. The molecule has 0 aliphatic carbocycles. The smallest absolute Gasteiger partial charge is 0.164 e. The minimum Gasteiger partial charge on any atom is -0.385 e. The van der Waals surface area contributed by atoms with Crippen LogP contribution < -0.4 is 5.32 Å². The van der Waals surface area contributed by atoms with Gasteiger partial charge in [0.1, 0.15) is 0 Å². The first kappa shape index (κ1) is 15.9. The second-order valence-electron chi connectivity index (χ2n) is 5.03. The minimum atomic E-state index is 0.0462. The first-order valence-electron chi connectivity index (χ1n) is 6.77. The molecule has 0 atom stereocenters. The third-order valence-corrected chi connectivity index (χ3v) is 4.17. The molecular formula is C17H17Cl2NO. The lowest BCUT2D eigenvalue weighted by atomic mass is 10.1. The molecule has 4 heteroatoms. The third kappa shape index (κ3) is 4.23. The van der Waals surface area contributed by atoms with E-state index in [0.717, 1.165) is 5.69 Å². The molecule has 0 radical (unpaired) electrons.